The fourth-order valence-electron chi connectivity index (χ4n) is 1.29. The summed E-state index contributed by atoms with van der Waals surface area (Å²) in [6.45, 7) is 1.64. The predicted molar refractivity (Wildman–Crippen MR) is 62.0 cm³/mol. The number of nitrogens with one attached hydrogen (secondary N) is 3. The van der Waals surface area contributed by atoms with E-state index in [4.69, 9.17) is 5.11 Å². The molecule has 8 nitrogen and oxygen atoms in total. The molecule has 0 spiro atoms. The van der Waals surface area contributed by atoms with Gasteiger partial charge in [-0.2, -0.15) is 0 Å². The number of imidazole rings is 1. The minimum absolute atomic E-state index is 0.109. The summed E-state index contributed by atoms with van der Waals surface area (Å²) in [6, 6.07) is -0.784. The van der Waals surface area contributed by atoms with Gasteiger partial charge in [-0.3, -0.25) is 0 Å². The van der Waals surface area contributed by atoms with Crippen LogP contribution in [0.1, 0.15) is 18.8 Å². The van der Waals surface area contributed by atoms with Gasteiger partial charge in [0.2, 0.25) is 0 Å². The number of carboxylic acids is 1. The number of nitrogens with zero attached hydrogens (tertiary/aromatic N) is 1. The van der Waals surface area contributed by atoms with Gasteiger partial charge in [-0.25, -0.2) is 14.6 Å². The first-order valence-electron chi connectivity index (χ1n) is 5.33. The first kappa shape index (κ1) is 14.0. The van der Waals surface area contributed by atoms with E-state index < -0.39 is 18.1 Å². The number of aliphatic carboxylic acids is 1. The molecule has 8 heteroatoms. The molecule has 100 valence electrons. The maximum atomic E-state index is 11.5. The number of urea groups is 1. The normalized spacial score (nSPS) is 13.7. The van der Waals surface area contributed by atoms with Crippen LogP contribution in [0.25, 0.3) is 0 Å². The molecule has 1 rings (SSSR count). The zero-order valence-electron chi connectivity index (χ0n) is 10.1. The second-order valence-electron chi connectivity index (χ2n) is 3.61. The molecule has 0 aliphatic carbocycles. The van der Waals surface area contributed by atoms with Crippen LogP contribution < -0.4 is 10.6 Å². The van der Waals surface area contributed by atoms with Crippen molar-refractivity contribution < 1.29 is 19.4 Å². The molecule has 1 aromatic rings. The van der Waals surface area contributed by atoms with E-state index in [1.54, 1.807) is 19.3 Å². The van der Waals surface area contributed by atoms with Gasteiger partial charge < -0.3 is 25.5 Å². The molecule has 1 aromatic heterocycles. The molecule has 2 unspecified atom stereocenters. The first-order chi connectivity index (χ1) is 8.54. The van der Waals surface area contributed by atoms with Gasteiger partial charge in [0.05, 0.1) is 12.6 Å². The van der Waals surface area contributed by atoms with E-state index in [1.165, 1.54) is 7.11 Å². The Kier molecular flexibility index (Phi) is 5.12. The van der Waals surface area contributed by atoms with E-state index in [1.807, 2.05) is 0 Å². The molecule has 4 N–H and O–H groups in total. The second kappa shape index (κ2) is 6.60. The second-order valence-corrected chi connectivity index (χ2v) is 3.61. The number of aromatic nitrogens is 2. The largest absolute Gasteiger partial charge is 0.479 e. The number of amides is 2. The highest BCUT2D eigenvalue weighted by molar-refractivity contribution is 5.77. The maximum Gasteiger partial charge on any atom is 0.334 e. The van der Waals surface area contributed by atoms with E-state index in [0.29, 0.717) is 5.82 Å². The van der Waals surface area contributed by atoms with Crippen molar-refractivity contribution in [1.29, 1.82) is 0 Å². The van der Waals surface area contributed by atoms with Crippen molar-refractivity contribution in [2.24, 2.45) is 0 Å². The number of methoxy groups -OCH3 is 1. The van der Waals surface area contributed by atoms with Crippen LogP contribution in [-0.4, -0.2) is 46.8 Å². The molecule has 1 heterocycles. The number of aromatic amines is 1. The third-order valence-corrected chi connectivity index (χ3v) is 2.29. The highest BCUT2D eigenvalue weighted by Gasteiger charge is 2.18. The van der Waals surface area contributed by atoms with Crippen LogP contribution in [0.2, 0.25) is 0 Å². The molecule has 0 saturated heterocycles. The lowest BCUT2D eigenvalue weighted by Crippen LogP contribution is -2.43. The van der Waals surface area contributed by atoms with Gasteiger partial charge in [-0.05, 0) is 6.92 Å². The molecular weight excluding hydrogens is 240 g/mol. The van der Waals surface area contributed by atoms with Crippen molar-refractivity contribution in [3.05, 3.63) is 18.2 Å². The summed E-state index contributed by atoms with van der Waals surface area (Å²) in [4.78, 5) is 29.0. The van der Waals surface area contributed by atoms with E-state index >= 15 is 0 Å². The van der Waals surface area contributed by atoms with Crippen molar-refractivity contribution in [3.8, 4) is 0 Å². The summed E-state index contributed by atoms with van der Waals surface area (Å²) >= 11 is 0. The fourth-order valence-corrected chi connectivity index (χ4v) is 1.29. The topological polar surface area (TPSA) is 116 Å². The van der Waals surface area contributed by atoms with Gasteiger partial charge >= 0.3 is 12.0 Å². The highest BCUT2D eigenvalue weighted by Crippen LogP contribution is 2.04. The van der Waals surface area contributed by atoms with Crippen LogP contribution in [0, 0.1) is 0 Å². The lowest BCUT2D eigenvalue weighted by atomic mass is 10.3. The maximum absolute atomic E-state index is 11.5. The SMILES string of the molecule is COC(CNC(=O)NC(C)c1ncc[nH]1)C(=O)O. The molecule has 0 fully saturated rings. The molecule has 0 aliphatic heterocycles. The Morgan fingerprint density at radius 1 is 1.61 bits per heavy atom. The fraction of sp³-hybridized carbons (Fsp3) is 0.500. The van der Waals surface area contributed by atoms with Crippen molar-refractivity contribution in [3.63, 3.8) is 0 Å². The summed E-state index contributed by atoms with van der Waals surface area (Å²) < 4.78 is 4.68. The smallest absolute Gasteiger partial charge is 0.334 e. The van der Waals surface area contributed by atoms with Gasteiger partial charge in [0.25, 0.3) is 0 Å². The summed E-state index contributed by atoms with van der Waals surface area (Å²) in [7, 11) is 1.27. The number of carbonyl (C=O) groups is 2. The summed E-state index contributed by atoms with van der Waals surface area (Å²) in [5, 5.41) is 13.7. The Balaban J connectivity index is 2.35. The summed E-state index contributed by atoms with van der Waals surface area (Å²) in [6.07, 6.45) is 2.17. The Labute approximate surface area is 104 Å². The molecule has 2 atom stereocenters. The van der Waals surface area contributed by atoms with E-state index in [-0.39, 0.29) is 12.6 Å². The quantitative estimate of drug-likeness (QED) is 0.565. The summed E-state index contributed by atoms with van der Waals surface area (Å²) in [5.41, 5.74) is 0. The number of H-pyrrole nitrogens is 1. The molecule has 18 heavy (non-hydrogen) atoms. The Hall–Kier alpha value is -2.09. The Morgan fingerprint density at radius 2 is 2.33 bits per heavy atom. The number of rotatable bonds is 6. The average molecular weight is 256 g/mol. The number of carbonyl (C=O) groups excluding carboxylic acids is 1. The van der Waals surface area contributed by atoms with Crippen molar-refractivity contribution in [2.45, 2.75) is 19.1 Å². The van der Waals surface area contributed by atoms with Gasteiger partial charge in [-0.15, -0.1) is 0 Å². The van der Waals surface area contributed by atoms with Crippen molar-refractivity contribution in [1.82, 2.24) is 20.6 Å². The first-order valence-corrected chi connectivity index (χ1v) is 5.33. The molecule has 0 bridgehead atoms. The standard InChI is InChI=1S/C10H16N4O4/c1-6(8-11-3-4-12-8)14-10(17)13-5-7(18-2)9(15)16/h3-4,6-7H,5H2,1-2H3,(H,11,12)(H,15,16)(H2,13,14,17). The molecular formula is C10H16N4O4. The lowest BCUT2D eigenvalue weighted by molar-refractivity contribution is -0.147. The molecule has 0 radical (unpaired) electrons. The van der Waals surface area contributed by atoms with Crippen LogP contribution in [0.3, 0.4) is 0 Å². The van der Waals surface area contributed by atoms with Gasteiger partial charge in [0, 0.05) is 19.5 Å². The predicted octanol–water partition coefficient (Wildman–Crippen LogP) is -0.130. The minimum Gasteiger partial charge on any atom is -0.479 e. The van der Waals surface area contributed by atoms with Crippen molar-refractivity contribution in [2.75, 3.05) is 13.7 Å². The third-order valence-electron chi connectivity index (χ3n) is 2.29. The molecule has 0 aromatic carbocycles. The summed E-state index contributed by atoms with van der Waals surface area (Å²) in [5.74, 6) is -0.511. The van der Waals surface area contributed by atoms with E-state index in [2.05, 4.69) is 25.3 Å². The zero-order chi connectivity index (χ0) is 13.5. The van der Waals surface area contributed by atoms with E-state index in [0.717, 1.165) is 0 Å². The van der Waals surface area contributed by atoms with Gasteiger partial charge in [0.1, 0.15) is 5.82 Å². The minimum atomic E-state index is -1.13. The third kappa shape index (κ3) is 4.06. The van der Waals surface area contributed by atoms with E-state index in [9.17, 15) is 9.59 Å². The molecule has 0 saturated carbocycles. The number of carboxylic acid groups (broad SMARTS) is 1. The average Bonchev–Trinajstić information content (AvgIpc) is 2.82. The van der Waals surface area contributed by atoms with Crippen LogP contribution in [0.5, 0.6) is 0 Å². The number of ether oxygens (including phenoxy) is 1. The number of hydrogen-bond donors (Lipinski definition) is 4. The van der Waals surface area contributed by atoms with Crippen molar-refractivity contribution >= 4 is 12.0 Å². The molecule has 2 amide bonds. The Morgan fingerprint density at radius 3 is 2.83 bits per heavy atom. The zero-order valence-corrected chi connectivity index (χ0v) is 10.1. The van der Waals surface area contributed by atoms with Crippen LogP contribution in [0.15, 0.2) is 12.4 Å². The molecule has 0 aliphatic rings. The number of hydrogen-bond acceptors (Lipinski definition) is 4. The van der Waals surface area contributed by atoms with Crippen LogP contribution in [0.4, 0.5) is 4.79 Å². The Bertz CT molecular complexity index is 393. The van der Waals surface area contributed by atoms with Crippen LogP contribution >= 0.6 is 0 Å². The van der Waals surface area contributed by atoms with Crippen LogP contribution in [-0.2, 0) is 9.53 Å². The lowest BCUT2D eigenvalue weighted by Gasteiger charge is -2.15. The monoisotopic (exact) mass is 256 g/mol. The van der Waals surface area contributed by atoms with Gasteiger partial charge in [-0.1, -0.05) is 0 Å². The van der Waals surface area contributed by atoms with Gasteiger partial charge in [0.15, 0.2) is 6.10 Å². The highest BCUT2D eigenvalue weighted by atomic mass is 16.5.